The first kappa shape index (κ1) is 25.4. The molecule has 2 heterocycles. The fourth-order valence-electron chi connectivity index (χ4n) is 4.95. The van der Waals surface area contributed by atoms with E-state index in [1.165, 1.54) is 12.4 Å². The summed E-state index contributed by atoms with van der Waals surface area (Å²) in [4.78, 5) is 32.0. The third kappa shape index (κ3) is 3.80. The number of fused-ring (bicyclic) bond motifs is 1. The van der Waals surface area contributed by atoms with Crippen molar-refractivity contribution in [2.75, 3.05) is 6.54 Å². The average molecular weight is 528 g/mol. The predicted octanol–water partition coefficient (Wildman–Crippen LogP) is 5.77. The highest BCUT2D eigenvalue weighted by Gasteiger charge is 2.65. The van der Waals surface area contributed by atoms with Crippen LogP contribution in [0.15, 0.2) is 73.3 Å². The molecule has 0 N–H and O–H groups in total. The maximum absolute atomic E-state index is 16.1. The van der Waals surface area contributed by atoms with Crippen LogP contribution in [0.2, 0.25) is 0 Å². The van der Waals surface area contributed by atoms with Crippen molar-refractivity contribution in [3.63, 3.8) is 0 Å². The monoisotopic (exact) mass is 528 g/mol. The number of rotatable bonds is 7. The van der Waals surface area contributed by atoms with Crippen LogP contribution in [0, 0.1) is 17.5 Å². The van der Waals surface area contributed by atoms with Gasteiger partial charge in [0.25, 0.3) is 5.91 Å². The van der Waals surface area contributed by atoms with E-state index in [0.717, 1.165) is 6.92 Å². The van der Waals surface area contributed by atoms with Crippen molar-refractivity contribution in [1.29, 1.82) is 0 Å². The van der Waals surface area contributed by atoms with Gasteiger partial charge in [-0.05, 0) is 41.8 Å². The van der Waals surface area contributed by atoms with Crippen LogP contribution in [0.1, 0.15) is 24.5 Å². The third-order valence-electron chi connectivity index (χ3n) is 6.84. The molecule has 1 aliphatic rings. The van der Waals surface area contributed by atoms with Gasteiger partial charge in [-0.15, -0.1) is 0 Å². The maximum Gasteiger partial charge on any atom is 0.360 e. The van der Waals surface area contributed by atoms with Gasteiger partial charge >= 0.3 is 12.1 Å². The zero-order chi connectivity index (χ0) is 27.2. The molecule has 196 valence electrons. The van der Waals surface area contributed by atoms with Crippen LogP contribution in [0.3, 0.4) is 0 Å². The van der Waals surface area contributed by atoms with Crippen LogP contribution in [-0.2, 0) is 22.9 Å². The van der Waals surface area contributed by atoms with Crippen molar-refractivity contribution < 1.29 is 31.5 Å². The number of aryl methyl sites for hydroxylation is 1. The predicted molar refractivity (Wildman–Crippen MR) is 127 cm³/mol. The van der Waals surface area contributed by atoms with Gasteiger partial charge in [0.05, 0.1) is 11.9 Å². The molecule has 0 radical (unpaired) electrons. The van der Waals surface area contributed by atoms with Gasteiger partial charge in [0.1, 0.15) is 0 Å². The molecule has 0 saturated carbocycles. The molecule has 1 saturated heterocycles. The van der Waals surface area contributed by atoms with E-state index >= 15 is 8.78 Å². The lowest BCUT2D eigenvalue weighted by atomic mass is 9.85. The quantitative estimate of drug-likeness (QED) is 0.132. The lowest BCUT2D eigenvalue weighted by Gasteiger charge is -2.38. The molecule has 0 aliphatic carbocycles. The number of carbonyl (C=O) groups excluding carboxylic acids is 2. The highest BCUT2D eigenvalue weighted by molar-refractivity contribution is 6.09. The van der Waals surface area contributed by atoms with Crippen molar-refractivity contribution in [2.45, 2.75) is 31.5 Å². The molecule has 1 atom stereocenters. The molecule has 1 aliphatic heterocycles. The van der Waals surface area contributed by atoms with Gasteiger partial charge < -0.3 is 4.57 Å². The highest BCUT2D eigenvalue weighted by atomic mass is 19.3. The van der Waals surface area contributed by atoms with Crippen molar-refractivity contribution >= 4 is 22.7 Å². The summed E-state index contributed by atoms with van der Waals surface area (Å²) < 4.78 is 76.2. The van der Waals surface area contributed by atoms with Gasteiger partial charge in [-0.3, -0.25) is 9.69 Å². The van der Waals surface area contributed by atoms with Gasteiger partial charge in [-0.1, -0.05) is 42.5 Å². The molecule has 6 nitrogen and oxygen atoms in total. The van der Waals surface area contributed by atoms with Crippen LogP contribution in [0.4, 0.5) is 26.7 Å². The molecular formula is C27H21F5N4O2. The second kappa shape index (κ2) is 9.23. The summed E-state index contributed by atoms with van der Waals surface area (Å²) in [6, 6.07) is 6.21. The van der Waals surface area contributed by atoms with Gasteiger partial charge in [-0.2, -0.15) is 8.78 Å². The highest BCUT2D eigenvalue weighted by Crippen LogP contribution is 2.49. The summed E-state index contributed by atoms with van der Waals surface area (Å²) in [7, 11) is 0. The molecule has 3 amide bonds. The Morgan fingerprint density at radius 3 is 2.39 bits per heavy atom. The molecule has 1 unspecified atom stereocenters. The number of amides is 3. The molecule has 0 bridgehead atoms. The zero-order valence-electron chi connectivity index (χ0n) is 20.0. The number of alkyl halides is 2. The smallest absolute Gasteiger partial charge is 0.337 e. The topological polar surface area (TPSA) is 58.4 Å². The van der Waals surface area contributed by atoms with Crippen molar-refractivity contribution in [1.82, 2.24) is 19.4 Å². The molecule has 3 aromatic carbocycles. The standard InChI is InChI=1S/C27H21F5N4O2/c1-26(19-9-4-7-17-6-2-3-8-18(17)19)24(37)35(14-5-13-34-15-12-33-16-34)25(38)36(26)27(31,32)20-10-11-21(28)23(30)22(20)29/h2-4,6-12,15-16H,5,13-14H2,1H3. The summed E-state index contributed by atoms with van der Waals surface area (Å²) in [6.45, 7) is 1.27. The van der Waals surface area contributed by atoms with Crippen molar-refractivity contribution in [3.8, 4) is 0 Å². The minimum Gasteiger partial charge on any atom is -0.337 e. The molecule has 1 aromatic heterocycles. The van der Waals surface area contributed by atoms with E-state index in [1.54, 1.807) is 53.4 Å². The largest absolute Gasteiger partial charge is 0.360 e. The number of hydrogen-bond acceptors (Lipinski definition) is 3. The molecule has 5 rings (SSSR count). The summed E-state index contributed by atoms with van der Waals surface area (Å²) in [5, 5.41) is 1.04. The number of urea groups is 1. The summed E-state index contributed by atoms with van der Waals surface area (Å²) >= 11 is 0. The second-order valence-corrected chi connectivity index (χ2v) is 9.09. The van der Waals surface area contributed by atoms with Crippen molar-refractivity contribution in [3.05, 3.63) is 102 Å². The number of hydrogen-bond donors (Lipinski definition) is 0. The fourth-order valence-corrected chi connectivity index (χ4v) is 4.95. The van der Waals surface area contributed by atoms with E-state index in [0.29, 0.717) is 34.3 Å². The number of aromatic nitrogens is 2. The number of imidazole rings is 1. The Bertz CT molecular complexity index is 1540. The maximum atomic E-state index is 16.1. The second-order valence-electron chi connectivity index (χ2n) is 9.09. The fraction of sp³-hybridized carbons (Fsp3) is 0.222. The number of nitrogens with zero attached hydrogens (tertiary/aromatic N) is 4. The lowest BCUT2D eigenvalue weighted by Crippen LogP contribution is -2.52. The zero-order valence-corrected chi connectivity index (χ0v) is 20.0. The number of halogens is 5. The van der Waals surface area contributed by atoms with Crippen LogP contribution < -0.4 is 0 Å². The van der Waals surface area contributed by atoms with Crippen LogP contribution in [0.25, 0.3) is 10.8 Å². The lowest BCUT2D eigenvalue weighted by molar-refractivity contribution is -0.169. The van der Waals surface area contributed by atoms with Gasteiger partial charge in [-0.25, -0.2) is 27.8 Å². The molecular weight excluding hydrogens is 507 g/mol. The molecule has 4 aromatic rings. The van der Waals surface area contributed by atoms with E-state index in [1.807, 2.05) is 0 Å². The Morgan fingerprint density at radius 1 is 0.921 bits per heavy atom. The Morgan fingerprint density at radius 2 is 1.66 bits per heavy atom. The molecule has 11 heteroatoms. The van der Waals surface area contributed by atoms with E-state index in [4.69, 9.17) is 0 Å². The minimum atomic E-state index is -4.53. The summed E-state index contributed by atoms with van der Waals surface area (Å²) in [6.07, 6.45) is 4.96. The SMILES string of the molecule is CC1(c2cccc3ccccc23)C(=O)N(CCCn2ccnc2)C(=O)N1C(F)(F)c1ccc(F)c(F)c1F. The number of carbonyl (C=O) groups is 2. The van der Waals surface area contributed by atoms with E-state index in [2.05, 4.69) is 4.98 Å². The Balaban J connectivity index is 1.65. The Labute approximate surface area is 213 Å². The average Bonchev–Trinajstić information content (AvgIpc) is 3.48. The van der Waals surface area contributed by atoms with Crippen LogP contribution >= 0.6 is 0 Å². The van der Waals surface area contributed by atoms with Crippen molar-refractivity contribution in [2.24, 2.45) is 0 Å². The van der Waals surface area contributed by atoms with Crippen LogP contribution in [0.5, 0.6) is 0 Å². The first-order chi connectivity index (χ1) is 18.1. The minimum absolute atomic E-state index is 0.0307. The van der Waals surface area contributed by atoms with Gasteiger partial charge in [0, 0.05) is 25.5 Å². The first-order valence-electron chi connectivity index (χ1n) is 11.7. The molecule has 1 fully saturated rings. The molecule has 0 spiro atoms. The van der Waals surface area contributed by atoms with E-state index < -0.39 is 46.5 Å². The van der Waals surface area contributed by atoms with Crippen LogP contribution in [-0.4, -0.2) is 37.8 Å². The summed E-state index contributed by atoms with van der Waals surface area (Å²) in [5.41, 5.74) is -3.80. The first-order valence-corrected chi connectivity index (χ1v) is 11.7. The molecule has 38 heavy (non-hydrogen) atoms. The van der Waals surface area contributed by atoms with Gasteiger partial charge in [0.2, 0.25) is 0 Å². The van der Waals surface area contributed by atoms with E-state index in [9.17, 15) is 22.8 Å². The summed E-state index contributed by atoms with van der Waals surface area (Å²) in [5.74, 6) is -6.87. The number of benzene rings is 3. The third-order valence-corrected chi connectivity index (χ3v) is 6.84. The van der Waals surface area contributed by atoms with Gasteiger partial charge in [0.15, 0.2) is 23.0 Å². The Kier molecular flexibility index (Phi) is 6.16. The number of imide groups is 1. The van der Waals surface area contributed by atoms with E-state index in [-0.39, 0.29) is 23.4 Å². The normalized spacial score (nSPS) is 18.2. The Hall–Kier alpha value is -4.28.